The Morgan fingerprint density at radius 1 is 1.36 bits per heavy atom. The summed E-state index contributed by atoms with van der Waals surface area (Å²) in [5.41, 5.74) is 0.803. The summed E-state index contributed by atoms with van der Waals surface area (Å²) < 4.78 is 16.1. The molecule has 1 aliphatic rings. The lowest BCUT2D eigenvalue weighted by Gasteiger charge is -2.16. The Morgan fingerprint density at radius 2 is 2.15 bits per heavy atom. The van der Waals surface area contributed by atoms with E-state index in [-0.39, 0.29) is 36.7 Å². The van der Waals surface area contributed by atoms with Crippen LogP contribution in [0.25, 0.3) is 10.2 Å². The maximum absolute atomic E-state index is 12.4. The number of aryl methyl sites for hydroxylation is 2. The van der Waals surface area contributed by atoms with Gasteiger partial charge in [-0.15, -0.1) is 23.1 Å². The van der Waals surface area contributed by atoms with Gasteiger partial charge in [-0.2, -0.15) is 0 Å². The number of amides is 1. The number of aromatic amines is 1. The van der Waals surface area contributed by atoms with Crippen molar-refractivity contribution in [1.82, 2.24) is 15.3 Å². The molecule has 0 saturated carbocycles. The molecule has 2 aromatic heterocycles. The maximum Gasteiger partial charge on any atom is 0.259 e. The monoisotopic (exact) mass is 491 g/mol. The van der Waals surface area contributed by atoms with Gasteiger partial charge < -0.3 is 29.6 Å². The van der Waals surface area contributed by atoms with E-state index in [2.05, 4.69) is 15.3 Å². The lowest BCUT2D eigenvalue weighted by atomic mass is 10.2. The van der Waals surface area contributed by atoms with Crippen LogP contribution < -0.4 is 25.1 Å². The Balaban J connectivity index is 1.22. The van der Waals surface area contributed by atoms with Gasteiger partial charge in [0.2, 0.25) is 12.7 Å². The van der Waals surface area contributed by atoms with E-state index in [4.69, 9.17) is 14.2 Å². The van der Waals surface area contributed by atoms with Crippen LogP contribution in [-0.4, -0.2) is 52.3 Å². The third-order valence-corrected chi connectivity index (χ3v) is 7.48. The molecule has 176 valence electrons. The molecule has 0 saturated heterocycles. The van der Waals surface area contributed by atoms with Crippen molar-refractivity contribution in [3.63, 3.8) is 0 Å². The van der Waals surface area contributed by atoms with Gasteiger partial charge in [-0.3, -0.25) is 9.59 Å². The highest BCUT2D eigenvalue weighted by Crippen LogP contribution is 2.35. The number of ether oxygens (including phenoxy) is 3. The number of aromatic nitrogens is 2. The van der Waals surface area contributed by atoms with Gasteiger partial charge in [0.25, 0.3) is 5.56 Å². The van der Waals surface area contributed by atoms with E-state index in [1.165, 1.54) is 23.1 Å². The second-order valence-electron chi connectivity index (χ2n) is 7.65. The first-order valence-corrected chi connectivity index (χ1v) is 12.3. The molecule has 0 spiro atoms. The number of carbonyl (C=O) groups excluding carboxylic acids is 1. The van der Waals surface area contributed by atoms with E-state index < -0.39 is 6.10 Å². The number of aliphatic hydroxyl groups excluding tert-OH is 1. The van der Waals surface area contributed by atoms with Crippen LogP contribution in [-0.2, 0) is 10.5 Å². The molecule has 0 bridgehead atoms. The molecule has 3 heterocycles. The van der Waals surface area contributed by atoms with Crippen molar-refractivity contribution < 1.29 is 24.1 Å². The average molecular weight is 492 g/mol. The zero-order valence-electron chi connectivity index (χ0n) is 18.5. The highest BCUT2D eigenvalue weighted by Gasteiger charge is 2.18. The van der Waals surface area contributed by atoms with Gasteiger partial charge in [0.05, 0.1) is 16.4 Å². The van der Waals surface area contributed by atoms with Crippen molar-refractivity contribution in [3.8, 4) is 17.2 Å². The molecule has 1 aromatic carbocycles. The molecule has 1 amide bonds. The number of hydrogen-bond donors (Lipinski definition) is 3. The first-order valence-electron chi connectivity index (χ1n) is 10.4. The minimum absolute atomic E-state index is 0.0201. The minimum atomic E-state index is -0.873. The molecule has 0 radical (unpaired) electrons. The fourth-order valence-electron chi connectivity index (χ4n) is 3.23. The van der Waals surface area contributed by atoms with Crippen LogP contribution in [0, 0.1) is 13.8 Å². The van der Waals surface area contributed by atoms with Crippen LogP contribution in [0.5, 0.6) is 17.2 Å². The molecule has 0 aliphatic carbocycles. The smallest absolute Gasteiger partial charge is 0.259 e. The second kappa shape index (κ2) is 10.0. The largest absolute Gasteiger partial charge is 0.491 e. The number of nitrogens with one attached hydrogen (secondary N) is 2. The van der Waals surface area contributed by atoms with Crippen molar-refractivity contribution in [3.05, 3.63) is 44.8 Å². The van der Waals surface area contributed by atoms with E-state index in [9.17, 15) is 14.7 Å². The number of hydrogen-bond acceptors (Lipinski definition) is 9. The summed E-state index contributed by atoms with van der Waals surface area (Å²) in [6.07, 6.45) is -0.873. The van der Waals surface area contributed by atoms with Crippen molar-refractivity contribution in [2.24, 2.45) is 0 Å². The lowest BCUT2D eigenvalue weighted by Crippen LogP contribution is -2.38. The van der Waals surface area contributed by atoms with Crippen LogP contribution in [0.3, 0.4) is 0 Å². The summed E-state index contributed by atoms with van der Waals surface area (Å²) in [6.45, 7) is 5.91. The SMILES string of the molecule is Cc1sc2nc(CSC(C)C(=O)NCC(O)COc3ccc4c(c3)OCO4)[nH]c(=O)c2c1C. The number of carbonyl (C=O) groups is 1. The molecule has 33 heavy (non-hydrogen) atoms. The van der Waals surface area contributed by atoms with Crippen LogP contribution in [0.4, 0.5) is 0 Å². The van der Waals surface area contributed by atoms with Crippen LogP contribution in [0.15, 0.2) is 23.0 Å². The third kappa shape index (κ3) is 5.43. The number of fused-ring (bicyclic) bond motifs is 2. The summed E-state index contributed by atoms with van der Waals surface area (Å²) in [5, 5.41) is 13.1. The summed E-state index contributed by atoms with van der Waals surface area (Å²) in [6, 6.07) is 5.16. The minimum Gasteiger partial charge on any atom is -0.491 e. The standard InChI is InChI=1S/C22H25N3O6S2/c1-11-12(2)33-22-19(11)21(28)24-18(25-22)9-32-13(3)20(27)23-7-14(26)8-29-15-4-5-16-17(6-15)31-10-30-16/h4-6,13-14,26H,7-10H2,1-3H3,(H,23,27)(H,24,25,28). The Hall–Kier alpha value is -2.76. The molecule has 0 fully saturated rings. The van der Waals surface area contributed by atoms with E-state index >= 15 is 0 Å². The van der Waals surface area contributed by atoms with Gasteiger partial charge in [-0.1, -0.05) is 0 Å². The van der Waals surface area contributed by atoms with E-state index in [1.807, 2.05) is 13.8 Å². The number of rotatable bonds is 9. The average Bonchev–Trinajstić information content (AvgIpc) is 3.37. The Morgan fingerprint density at radius 3 is 2.97 bits per heavy atom. The Kier molecular flexibility index (Phi) is 7.11. The van der Waals surface area contributed by atoms with Crippen molar-refractivity contribution in [2.75, 3.05) is 19.9 Å². The van der Waals surface area contributed by atoms with Gasteiger partial charge in [0, 0.05) is 17.5 Å². The quantitative estimate of drug-likeness (QED) is 0.417. The zero-order chi connectivity index (χ0) is 23.5. The van der Waals surface area contributed by atoms with Gasteiger partial charge in [-0.25, -0.2) is 4.98 Å². The molecule has 4 rings (SSSR count). The van der Waals surface area contributed by atoms with Gasteiger partial charge in [0.15, 0.2) is 11.5 Å². The van der Waals surface area contributed by atoms with Crippen LogP contribution >= 0.6 is 23.1 Å². The molecule has 2 atom stereocenters. The first kappa shape index (κ1) is 23.4. The molecule has 11 heteroatoms. The predicted molar refractivity (Wildman–Crippen MR) is 128 cm³/mol. The molecule has 1 aliphatic heterocycles. The zero-order valence-corrected chi connectivity index (χ0v) is 20.1. The number of thioether (sulfide) groups is 1. The number of benzene rings is 1. The maximum atomic E-state index is 12.4. The summed E-state index contributed by atoms with van der Waals surface area (Å²) in [5.74, 6) is 2.51. The topological polar surface area (TPSA) is 123 Å². The second-order valence-corrected chi connectivity index (χ2v) is 10.2. The van der Waals surface area contributed by atoms with Crippen LogP contribution in [0.1, 0.15) is 23.2 Å². The van der Waals surface area contributed by atoms with Crippen molar-refractivity contribution in [2.45, 2.75) is 37.9 Å². The Labute approximate surface area is 198 Å². The van der Waals surface area contributed by atoms with Crippen molar-refractivity contribution in [1.29, 1.82) is 0 Å². The highest BCUT2D eigenvalue weighted by atomic mass is 32.2. The van der Waals surface area contributed by atoms with Crippen LogP contribution in [0.2, 0.25) is 0 Å². The highest BCUT2D eigenvalue weighted by molar-refractivity contribution is 7.99. The molecular formula is C22H25N3O6S2. The number of nitrogens with zero attached hydrogens (tertiary/aromatic N) is 1. The number of H-pyrrole nitrogens is 1. The van der Waals surface area contributed by atoms with Gasteiger partial charge in [0.1, 0.15) is 29.1 Å². The predicted octanol–water partition coefficient (Wildman–Crippen LogP) is 2.51. The van der Waals surface area contributed by atoms with E-state index in [0.29, 0.717) is 39.0 Å². The summed E-state index contributed by atoms with van der Waals surface area (Å²) in [4.78, 5) is 33.9. The third-order valence-electron chi connectivity index (χ3n) is 5.23. The van der Waals surface area contributed by atoms with E-state index in [1.54, 1.807) is 25.1 Å². The first-order chi connectivity index (χ1) is 15.8. The number of aliphatic hydroxyl groups is 1. The molecule has 2 unspecified atom stereocenters. The Bertz CT molecular complexity index is 1220. The van der Waals surface area contributed by atoms with Gasteiger partial charge >= 0.3 is 0 Å². The normalized spacial score (nSPS) is 14.3. The summed E-state index contributed by atoms with van der Waals surface area (Å²) >= 11 is 2.86. The fraction of sp³-hybridized carbons (Fsp3) is 0.409. The molecule has 9 nitrogen and oxygen atoms in total. The molecule has 3 N–H and O–H groups in total. The molecule has 3 aromatic rings. The lowest BCUT2D eigenvalue weighted by molar-refractivity contribution is -0.120. The molecular weight excluding hydrogens is 466 g/mol. The fourth-order valence-corrected chi connectivity index (χ4v) is 5.06. The summed E-state index contributed by atoms with van der Waals surface area (Å²) in [7, 11) is 0. The number of thiophene rings is 1. The van der Waals surface area contributed by atoms with E-state index in [0.717, 1.165) is 10.4 Å². The van der Waals surface area contributed by atoms with Gasteiger partial charge in [-0.05, 0) is 38.5 Å². The van der Waals surface area contributed by atoms with Crippen molar-refractivity contribution >= 4 is 39.2 Å².